The molecule has 1 fully saturated rings. The molecule has 28 heavy (non-hydrogen) atoms. The van der Waals surface area contributed by atoms with Crippen molar-refractivity contribution in [2.45, 2.75) is 52.0 Å². The summed E-state index contributed by atoms with van der Waals surface area (Å²) in [7, 11) is 0. The van der Waals surface area contributed by atoms with Crippen LogP contribution in [0.3, 0.4) is 0 Å². The van der Waals surface area contributed by atoms with Gasteiger partial charge in [0.05, 0.1) is 18.3 Å². The van der Waals surface area contributed by atoms with Crippen LogP contribution in [0.25, 0.3) is 5.70 Å². The number of hydrogen-bond donors (Lipinski definition) is 0. The van der Waals surface area contributed by atoms with E-state index < -0.39 is 11.7 Å². The van der Waals surface area contributed by atoms with E-state index in [1.54, 1.807) is 6.08 Å². The fourth-order valence-corrected chi connectivity index (χ4v) is 3.33. The number of amides is 1. The minimum absolute atomic E-state index is 0.0490. The molecule has 1 aliphatic heterocycles. The number of nitrogens with zero attached hydrogens (tertiary/aromatic N) is 6. The van der Waals surface area contributed by atoms with Gasteiger partial charge in [-0.3, -0.25) is 9.69 Å². The Kier molecular flexibility index (Phi) is 5.69. The predicted molar refractivity (Wildman–Crippen MR) is 96.7 cm³/mol. The lowest BCUT2D eigenvalue weighted by molar-refractivity contribution is -0.143. The molecule has 0 spiro atoms. The van der Waals surface area contributed by atoms with E-state index in [0.717, 1.165) is 6.08 Å². The average molecular weight is 396 g/mol. The highest BCUT2D eigenvalue weighted by Crippen LogP contribution is 2.30. The molecule has 0 radical (unpaired) electrons. The lowest BCUT2D eigenvalue weighted by Crippen LogP contribution is -2.57. The number of piperazine rings is 1. The molecular weight excluding hydrogens is 373 g/mol. The maximum Gasteiger partial charge on any atom is 0.412 e. The zero-order valence-electron chi connectivity index (χ0n) is 16.0. The summed E-state index contributed by atoms with van der Waals surface area (Å²) in [6.45, 7) is 7.42. The fraction of sp³-hybridized carbons (Fsp3) is 0.556. The average Bonchev–Trinajstić information content (AvgIpc) is 2.92. The number of halogens is 3. The molecule has 3 rings (SSSR count). The molecule has 0 aromatic carbocycles. The number of alkyl halides is 3. The lowest BCUT2D eigenvalue weighted by Gasteiger charge is -2.40. The van der Waals surface area contributed by atoms with Gasteiger partial charge in [-0.15, -0.1) is 5.10 Å². The van der Waals surface area contributed by atoms with E-state index in [1.807, 2.05) is 30.6 Å². The van der Waals surface area contributed by atoms with E-state index in [4.69, 9.17) is 0 Å². The maximum atomic E-state index is 12.9. The molecule has 1 amide bonds. The van der Waals surface area contributed by atoms with Crippen LogP contribution in [0.4, 0.5) is 13.2 Å². The van der Waals surface area contributed by atoms with Crippen molar-refractivity contribution in [2.75, 3.05) is 13.1 Å². The van der Waals surface area contributed by atoms with Crippen molar-refractivity contribution in [3.63, 3.8) is 0 Å². The van der Waals surface area contributed by atoms with E-state index in [2.05, 4.69) is 15.5 Å². The largest absolute Gasteiger partial charge is 0.412 e. The molecule has 1 saturated heterocycles. The zero-order chi connectivity index (χ0) is 20.5. The number of aromatic nitrogens is 4. The number of tetrazole rings is 1. The third-order valence-electron chi connectivity index (χ3n) is 5.02. The topological polar surface area (TPSA) is 67.2 Å². The van der Waals surface area contributed by atoms with Gasteiger partial charge in [0.25, 0.3) is 0 Å². The Morgan fingerprint density at radius 3 is 2.71 bits per heavy atom. The summed E-state index contributed by atoms with van der Waals surface area (Å²) in [5.41, 5.74) is -0.160. The molecule has 0 saturated carbocycles. The smallest absolute Gasteiger partial charge is 0.338 e. The summed E-state index contributed by atoms with van der Waals surface area (Å²) < 4.78 is 40.2. The second kappa shape index (κ2) is 7.86. The third kappa shape index (κ3) is 4.16. The minimum Gasteiger partial charge on any atom is -0.338 e. The Hall–Kier alpha value is -2.49. The summed E-state index contributed by atoms with van der Waals surface area (Å²) in [4.78, 5) is 16.4. The fourth-order valence-electron chi connectivity index (χ4n) is 3.33. The zero-order valence-corrected chi connectivity index (χ0v) is 16.0. The van der Waals surface area contributed by atoms with Crippen LogP contribution in [0, 0.1) is 0 Å². The monoisotopic (exact) mass is 396 g/mol. The first-order valence-electron chi connectivity index (χ1n) is 9.15. The quantitative estimate of drug-likeness (QED) is 0.782. The first kappa shape index (κ1) is 20.2. The molecule has 2 heterocycles. The summed E-state index contributed by atoms with van der Waals surface area (Å²) in [6.07, 6.45) is 0.774. The van der Waals surface area contributed by atoms with Crippen LogP contribution in [-0.4, -0.2) is 67.3 Å². The molecule has 0 N–H and O–H groups in total. The van der Waals surface area contributed by atoms with Gasteiger partial charge in [0.15, 0.2) is 5.82 Å². The molecular formula is C18H23F3N6O. The first-order chi connectivity index (χ1) is 13.2. The predicted octanol–water partition coefficient (Wildman–Crippen LogP) is 2.40. The van der Waals surface area contributed by atoms with Gasteiger partial charge in [0, 0.05) is 24.7 Å². The number of allylic oxidation sites excluding steroid dienone is 6. The molecule has 7 nitrogen and oxygen atoms in total. The van der Waals surface area contributed by atoms with Crippen LogP contribution in [0.1, 0.15) is 33.0 Å². The third-order valence-corrected chi connectivity index (χ3v) is 5.02. The molecule has 2 aliphatic rings. The van der Waals surface area contributed by atoms with E-state index in [-0.39, 0.29) is 24.4 Å². The lowest BCUT2D eigenvalue weighted by atomic mass is 10.1. The number of carbonyl (C=O) groups is 1. The summed E-state index contributed by atoms with van der Waals surface area (Å²) >= 11 is 0. The summed E-state index contributed by atoms with van der Waals surface area (Å²) in [5.74, 6) is 0.525. The van der Waals surface area contributed by atoms with Gasteiger partial charge in [0.2, 0.25) is 5.91 Å². The van der Waals surface area contributed by atoms with Crippen molar-refractivity contribution in [1.29, 1.82) is 0 Å². The Labute approximate surface area is 161 Å². The van der Waals surface area contributed by atoms with Crippen molar-refractivity contribution in [3.8, 4) is 0 Å². The van der Waals surface area contributed by atoms with E-state index in [9.17, 15) is 18.0 Å². The van der Waals surface area contributed by atoms with E-state index in [0.29, 0.717) is 31.2 Å². The highest BCUT2D eigenvalue weighted by molar-refractivity contribution is 5.82. The van der Waals surface area contributed by atoms with Crippen LogP contribution in [0.5, 0.6) is 0 Å². The minimum atomic E-state index is -4.37. The molecule has 10 heteroatoms. The van der Waals surface area contributed by atoms with Gasteiger partial charge in [-0.25, -0.2) is 0 Å². The Morgan fingerprint density at radius 2 is 2.04 bits per heavy atom. The van der Waals surface area contributed by atoms with Gasteiger partial charge in [-0.05, 0) is 43.7 Å². The van der Waals surface area contributed by atoms with Gasteiger partial charge < -0.3 is 4.90 Å². The Bertz CT molecular complexity index is 824. The maximum absolute atomic E-state index is 12.9. The van der Waals surface area contributed by atoms with Crippen LogP contribution in [0.15, 0.2) is 29.9 Å². The van der Waals surface area contributed by atoms with Crippen molar-refractivity contribution >= 4 is 11.6 Å². The van der Waals surface area contributed by atoms with Crippen LogP contribution in [0.2, 0.25) is 0 Å². The second-order valence-electron chi connectivity index (χ2n) is 7.16. The molecule has 152 valence electrons. The second-order valence-corrected chi connectivity index (χ2v) is 7.16. The Morgan fingerprint density at radius 1 is 1.29 bits per heavy atom. The van der Waals surface area contributed by atoms with E-state index >= 15 is 0 Å². The highest BCUT2D eigenvalue weighted by Gasteiger charge is 2.34. The van der Waals surface area contributed by atoms with Crippen molar-refractivity contribution < 1.29 is 18.0 Å². The standard InChI is InChI=1S/C18H23F3N6O/c1-12(2)26-10-9-25(13(3)17(26)28)11-16-22-23-24-27(16)15-6-4-5-14(7-8-15)18(19,20)21/h4-6,8,12-13H,7,9-11H2,1-3H3. The van der Waals surface area contributed by atoms with Gasteiger partial charge in [-0.2, -0.15) is 17.9 Å². The summed E-state index contributed by atoms with van der Waals surface area (Å²) in [6, 6.07) is -0.183. The number of hydrogen-bond acceptors (Lipinski definition) is 5. The van der Waals surface area contributed by atoms with E-state index in [1.165, 1.54) is 16.8 Å². The van der Waals surface area contributed by atoms with Gasteiger partial charge in [0.1, 0.15) is 0 Å². The van der Waals surface area contributed by atoms with Crippen LogP contribution >= 0.6 is 0 Å². The van der Waals surface area contributed by atoms with Gasteiger partial charge in [-0.1, -0.05) is 18.2 Å². The van der Waals surface area contributed by atoms with Crippen LogP contribution < -0.4 is 0 Å². The molecule has 1 atom stereocenters. The number of rotatable bonds is 4. The molecule has 0 bridgehead atoms. The highest BCUT2D eigenvalue weighted by atomic mass is 19.4. The Balaban J connectivity index is 1.75. The normalized spacial score (nSPS) is 21.8. The van der Waals surface area contributed by atoms with Crippen molar-refractivity contribution in [2.24, 2.45) is 0 Å². The number of carbonyl (C=O) groups excluding carboxylic acids is 1. The van der Waals surface area contributed by atoms with Crippen LogP contribution in [-0.2, 0) is 11.3 Å². The van der Waals surface area contributed by atoms with Crippen molar-refractivity contribution in [3.05, 3.63) is 35.7 Å². The summed E-state index contributed by atoms with van der Waals surface area (Å²) in [5, 5.41) is 11.6. The van der Waals surface area contributed by atoms with Crippen molar-refractivity contribution in [1.82, 2.24) is 30.0 Å². The SMILES string of the molecule is CC1C(=O)N(C(C)C)CCN1Cc1nnnn1C1=CCC(C(F)(F)F)=CC=C1. The molecule has 1 unspecified atom stereocenters. The molecule has 1 aliphatic carbocycles. The molecule has 1 aromatic rings. The van der Waals surface area contributed by atoms with Gasteiger partial charge >= 0.3 is 6.18 Å². The first-order valence-corrected chi connectivity index (χ1v) is 9.15. The molecule has 1 aromatic heterocycles.